The molecule has 0 radical (unpaired) electrons. The van der Waals surface area contributed by atoms with Gasteiger partial charge in [-0.05, 0) is 54.6 Å². The number of nitrogens with one attached hydrogen (secondary N) is 1. The molecule has 0 aromatic heterocycles. The third kappa shape index (κ3) is 4.06. The third-order valence-corrected chi connectivity index (χ3v) is 3.77. The average Bonchev–Trinajstić information content (AvgIpc) is 2.49. The summed E-state index contributed by atoms with van der Waals surface area (Å²) in [5.74, 6) is 0. The fraction of sp³-hybridized carbons (Fsp3) is 0.444. The molecule has 2 aromatic rings. The Kier molecular flexibility index (Phi) is 6.03. The van der Waals surface area contributed by atoms with Crippen LogP contribution in [0.1, 0.15) is 24.0 Å². The molecular formula is C18H25NO. The van der Waals surface area contributed by atoms with Crippen molar-refractivity contribution in [2.24, 2.45) is 0 Å². The molecule has 0 aliphatic heterocycles. The van der Waals surface area contributed by atoms with Gasteiger partial charge < -0.3 is 10.1 Å². The zero-order valence-corrected chi connectivity index (χ0v) is 12.6. The van der Waals surface area contributed by atoms with Crippen molar-refractivity contribution in [3.8, 4) is 0 Å². The maximum absolute atomic E-state index is 5.01. The zero-order chi connectivity index (χ0) is 14.2. The van der Waals surface area contributed by atoms with Gasteiger partial charge in [0.05, 0.1) is 6.61 Å². The highest BCUT2D eigenvalue weighted by Gasteiger charge is 2.02. The van der Waals surface area contributed by atoms with Gasteiger partial charge in [0.2, 0.25) is 0 Å². The molecule has 0 atom stereocenters. The molecule has 2 aromatic carbocycles. The lowest BCUT2D eigenvalue weighted by Crippen LogP contribution is -2.20. The van der Waals surface area contributed by atoms with E-state index in [1.807, 2.05) is 0 Å². The SMILES string of the molecule is COCCNCCCCc1ccc(C)c2ccccc12. The van der Waals surface area contributed by atoms with Crippen molar-refractivity contribution in [1.82, 2.24) is 5.32 Å². The van der Waals surface area contributed by atoms with E-state index in [1.54, 1.807) is 7.11 Å². The molecule has 0 aliphatic carbocycles. The number of unbranched alkanes of at least 4 members (excludes halogenated alkanes) is 1. The van der Waals surface area contributed by atoms with Crippen LogP contribution < -0.4 is 5.32 Å². The van der Waals surface area contributed by atoms with Gasteiger partial charge in [-0.3, -0.25) is 0 Å². The van der Waals surface area contributed by atoms with Crippen molar-refractivity contribution in [3.63, 3.8) is 0 Å². The van der Waals surface area contributed by atoms with Crippen molar-refractivity contribution < 1.29 is 4.74 Å². The zero-order valence-electron chi connectivity index (χ0n) is 12.6. The van der Waals surface area contributed by atoms with E-state index in [9.17, 15) is 0 Å². The Labute approximate surface area is 122 Å². The number of benzene rings is 2. The van der Waals surface area contributed by atoms with Gasteiger partial charge in [-0.2, -0.15) is 0 Å². The molecule has 0 unspecified atom stereocenters. The quantitative estimate of drug-likeness (QED) is 0.739. The van der Waals surface area contributed by atoms with E-state index in [0.29, 0.717) is 0 Å². The van der Waals surface area contributed by atoms with Crippen molar-refractivity contribution >= 4 is 10.8 Å². The van der Waals surface area contributed by atoms with Gasteiger partial charge >= 0.3 is 0 Å². The predicted molar refractivity (Wildman–Crippen MR) is 86.4 cm³/mol. The van der Waals surface area contributed by atoms with E-state index < -0.39 is 0 Å². The number of fused-ring (bicyclic) bond motifs is 1. The Hall–Kier alpha value is -1.38. The summed E-state index contributed by atoms with van der Waals surface area (Å²) in [6.07, 6.45) is 3.60. The molecule has 0 amide bonds. The molecule has 108 valence electrons. The molecule has 2 nitrogen and oxygen atoms in total. The molecule has 0 saturated heterocycles. The Morgan fingerprint density at radius 3 is 2.55 bits per heavy atom. The minimum Gasteiger partial charge on any atom is -0.383 e. The number of methoxy groups -OCH3 is 1. The van der Waals surface area contributed by atoms with E-state index in [2.05, 4.69) is 48.6 Å². The van der Waals surface area contributed by atoms with Crippen LogP contribution in [-0.4, -0.2) is 26.8 Å². The van der Waals surface area contributed by atoms with Crippen molar-refractivity contribution in [1.29, 1.82) is 0 Å². The lowest BCUT2D eigenvalue weighted by molar-refractivity contribution is 0.199. The largest absolute Gasteiger partial charge is 0.383 e. The maximum Gasteiger partial charge on any atom is 0.0587 e. The minimum atomic E-state index is 0.794. The summed E-state index contributed by atoms with van der Waals surface area (Å²) in [7, 11) is 1.74. The monoisotopic (exact) mass is 271 g/mol. The van der Waals surface area contributed by atoms with E-state index >= 15 is 0 Å². The fourth-order valence-corrected chi connectivity index (χ4v) is 2.59. The minimum absolute atomic E-state index is 0.794. The number of hydrogen-bond acceptors (Lipinski definition) is 2. The first kappa shape index (κ1) is 15.0. The van der Waals surface area contributed by atoms with Crippen LogP contribution in [0.3, 0.4) is 0 Å². The molecule has 0 aliphatic rings. The average molecular weight is 271 g/mol. The first-order valence-corrected chi connectivity index (χ1v) is 7.50. The van der Waals surface area contributed by atoms with Crippen LogP contribution in [0, 0.1) is 6.92 Å². The first-order valence-electron chi connectivity index (χ1n) is 7.50. The van der Waals surface area contributed by atoms with Crippen LogP contribution in [0.5, 0.6) is 0 Å². The molecule has 0 saturated carbocycles. The lowest BCUT2D eigenvalue weighted by atomic mass is 9.97. The highest BCUT2D eigenvalue weighted by molar-refractivity contribution is 5.88. The topological polar surface area (TPSA) is 21.3 Å². The molecular weight excluding hydrogens is 246 g/mol. The molecule has 2 heteroatoms. The Morgan fingerprint density at radius 2 is 1.75 bits per heavy atom. The predicted octanol–water partition coefficient (Wildman–Crippen LogP) is 3.71. The summed E-state index contributed by atoms with van der Waals surface area (Å²) in [5, 5.41) is 6.20. The second-order valence-electron chi connectivity index (χ2n) is 5.29. The van der Waals surface area contributed by atoms with E-state index in [1.165, 1.54) is 34.7 Å². The summed E-state index contributed by atoms with van der Waals surface area (Å²) in [4.78, 5) is 0. The molecule has 0 heterocycles. The highest BCUT2D eigenvalue weighted by Crippen LogP contribution is 2.23. The van der Waals surface area contributed by atoms with E-state index in [-0.39, 0.29) is 0 Å². The van der Waals surface area contributed by atoms with Crippen LogP contribution in [0.2, 0.25) is 0 Å². The normalized spacial score (nSPS) is 11.1. The number of rotatable bonds is 8. The molecule has 0 fully saturated rings. The Bertz CT molecular complexity index is 536. The van der Waals surface area contributed by atoms with Crippen LogP contribution in [0.25, 0.3) is 10.8 Å². The van der Waals surface area contributed by atoms with Crippen LogP contribution in [-0.2, 0) is 11.2 Å². The summed E-state index contributed by atoms with van der Waals surface area (Å²) in [6.45, 7) is 5.01. The summed E-state index contributed by atoms with van der Waals surface area (Å²) >= 11 is 0. The van der Waals surface area contributed by atoms with Gasteiger partial charge in [-0.25, -0.2) is 0 Å². The van der Waals surface area contributed by atoms with Crippen LogP contribution in [0.15, 0.2) is 36.4 Å². The van der Waals surface area contributed by atoms with Crippen molar-refractivity contribution in [2.75, 3.05) is 26.8 Å². The van der Waals surface area contributed by atoms with E-state index in [4.69, 9.17) is 4.74 Å². The first-order chi connectivity index (χ1) is 9.83. The van der Waals surface area contributed by atoms with Crippen molar-refractivity contribution in [2.45, 2.75) is 26.2 Å². The highest BCUT2D eigenvalue weighted by atomic mass is 16.5. The van der Waals surface area contributed by atoms with Crippen molar-refractivity contribution in [3.05, 3.63) is 47.5 Å². The van der Waals surface area contributed by atoms with Gasteiger partial charge in [-0.1, -0.05) is 36.4 Å². The second kappa shape index (κ2) is 8.03. The maximum atomic E-state index is 5.01. The Balaban J connectivity index is 1.86. The lowest BCUT2D eigenvalue weighted by Gasteiger charge is -2.09. The second-order valence-corrected chi connectivity index (χ2v) is 5.29. The van der Waals surface area contributed by atoms with Gasteiger partial charge in [0.25, 0.3) is 0 Å². The molecule has 0 bridgehead atoms. The van der Waals surface area contributed by atoms with Crippen LogP contribution in [0.4, 0.5) is 0 Å². The number of aryl methyl sites for hydroxylation is 2. The Morgan fingerprint density at radius 1 is 0.950 bits per heavy atom. The standard InChI is InChI=1S/C18H25NO/c1-15-10-11-16(18-9-4-3-8-17(15)18)7-5-6-12-19-13-14-20-2/h3-4,8-11,19H,5-7,12-14H2,1-2H3. The third-order valence-electron chi connectivity index (χ3n) is 3.77. The number of ether oxygens (including phenoxy) is 1. The van der Waals surface area contributed by atoms with Gasteiger partial charge in [0, 0.05) is 13.7 Å². The summed E-state index contributed by atoms with van der Waals surface area (Å²) in [6, 6.07) is 13.3. The smallest absolute Gasteiger partial charge is 0.0587 e. The number of hydrogen-bond donors (Lipinski definition) is 1. The van der Waals surface area contributed by atoms with Crippen LogP contribution >= 0.6 is 0 Å². The van der Waals surface area contributed by atoms with Gasteiger partial charge in [-0.15, -0.1) is 0 Å². The van der Waals surface area contributed by atoms with Gasteiger partial charge in [0.1, 0.15) is 0 Å². The van der Waals surface area contributed by atoms with Gasteiger partial charge in [0.15, 0.2) is 0 Å². The fourth-order valence-electron chi connectivity index (χ4n) is 2.59. The summed E-state index contributed by atoms with van der Waals surface area (Å²) in [5.41, 5.74) is 2.84. The van der Waals surface area contributed by atoms with E-state index in [0.717, 1.165) is 26.1 Å². The molecule has 0 spiro atoms. The molecule has 1 N–H and O–H groups in total. The summed E-state index contributed by atoms with van der Waals surface area (Å²) < 4.78 is 5.01. The molecule has 20 heavy (non-hydrogen) atoms. The molecule has 2 rings (SSSR count).